The maximum absolute atomic E-state index is 5.71. The molecule has 0 aliphatic heterocycles. The van der Waals surface area contributed by atoms with Crippen molar-refractivity contribution in [3.8, 4) is 11.1 Å². The number of hydrogen-bond donors (Lipinski definition) is 4. The van der Waals surface area contributed by atoms with E-state index in [1.807, 2.05) is 12.3 Å². The largest absolute Gasteiger partial charge is 0.368 e. The Morgan fingerprint density at radius 2 is 2.03 bits per heavy atom. The van der Waals surface area contributed by atoms with Gasteiger partial charge in [0.05, 0.1) is 11.7 Å². The highest BCUT2D eigenvalue weighted by molar-refractivity contribution is 5.99. The van der Waals surface area contributed by atoms with E-state index in [-0.39, 0.29) is 5.95 Å². The molecule has 0 saturated heterocycles. The van der Waals surface area contributed by atoms with Crippen molar-refractivity contribution in [2.24, 2.45) is 0 Å². The van der Waals surface area contributed by atoms with Gasteiger partial charge in [-0.25, -0.2) is 4.98 Å². The first-order chi connectivity index (χ1) is 14.6. The Labute approximate surface area is 173 Å². The van der Waals surface area contributed by atoms with Crippen LogP contribution in [0.1, 0.15) is 5.56 Å². The lowest BCUT2D eigenvalue weighted by molar-refractivity contribution is 0.404. The Kier molecular flexibility index (Phi) is 4.33. The summed E-state index contributed by atoms with van der Waals surface area (Å²) in [4.78, 5) is 13.7. The summed E-state index contributed by atoms with van der Waals surface area (Å²) in [5.74, 6) is 0.876. The second kappa shape index (κ2) is 7.16. The van der Waals surface area contributed by atoms with Crippen molar-refractivity contribution in [1.82, 2.24) is 30.0 Å². The van der Waals surface area contributed by atoms with E-state index in [9.17, 15) is 0 Å². The van der Waals surface area contributed by atoms with Gasteiger partial charge in [-0.1, -0.05) is 6.07 Å². The number of hydrogen-bond acceptors (Lipinski definition) is 6. The van der Waals surface area contributed by atoms with Crippen molar-refractivity contribution in [3.63, 3.8) is 0 Å². The van der Waals surface area contributed by atoms with Gasteiger partial charge in [-0.15, -0.1) is 0 Å². The van der Waals surface area contributed by atoms with Gasteiger partial charge >= 0.3 is 0 Å². The predicted molar refractivity (Wildman–Crippen MR) is 121 cm³/mol. The highest BCUT2D eigenvalue weighted by Crippen LogP contribution is 2.34. The van der Waals surface area contributed by atoms with Gasteiger partial charge in [-0.05, 0) is 55.6 Å². The van der Waals surface area contributed by atoms with Crippen LogP contribution in [-0.4, -0.2) is 44.1 Å². The predicted octanol–water partition coefficient (Wildman–Crippen LogP) is 3.89. The molecule has 0 aliphatic carbocycles. The second-order valence-corrected chi connectivity index (χ2v) is 7.60. The molecule has 0 amide bonds. The van der Waals surface area contributed by atoms with E-state index in [2.05, 4.69) is 79.9 Å². The minimum atomic E-state index is 0.232. The van der Waals surface area contributed by atoms with Crippen molar-refractivity contribution in [2.45, 2.75) is 6.54 Å². The van der Waals surface area contributed by atoms with Gasteiger partial charge in [0.15, 0.2) is 0 Å². The number of H-pyrrole nitrogens is 2. The molecule has 5 N–H and O–H groups in total. The fraction of sp³-hybridized carbons (Fsp3) is 0.136. The Hall–Kier alpha value is -3.91. The molecule has 0 radical (unpaired) electrons. The monoisotopic (exact) mass is 398 g/mol. The normalized spacial score (nSPS) is 11.6. The fourth-order valence-corrected chi connectivity index (χ4v) is 3.77. The Bertz CT molecular complexity index is 1350. The van der Waals surface area contributed by atoms with Gasteiger partial charge in [-0.3, -0.25) is 5.10 Å². The van der Waals surface area contributed by atoms with Crippen LogP contribution in [0.4, 0.5) is 17.5 Å². The topological polar surface area (TPSA) is 112 Å². The lowest BCUT2D eigenvalue weighted by atomic mass is 9.99. The number of anilines is 3. The molecule has 8 nitrogen and oxygen atoms in total. The highest BCUT2D eigenvalue weighted by Gasteiger charge is 2.12. The van der Waals surface area contributed by atoms with E-state index in [0.29, 0.717) is 5.82 Å². The van der Waals surface area contributed by atoms with Crippen molar-refractivity contribution >= 4 is 39.3 Å². The standard InChI is InChI=1S/C22H22N8/c1-30(2)12-15-10-25-19-4-3-13(8-17(15)19)18-9-16(7-14-11-26-29-21(14)18)27-20-5-6-24-22(23)28-20/h3-11,25H,12H2,1-2H3,(H,26,29)(H3,23,24,27,28). The zero-order chi connectivity index (χ0) is 20.7. The number of nitrogens with zero attached hydrogens (tertiary/aromatic N) is 4. The maximum atomic E-state index is 5.71. The molecular weight excluding hydrogens is 376 g/mol. The maximum Gasteiger partial charge on any atom is 0.221 e. The first-order valence-corrected chi connectivity index (χ1v) is 9.64. The number of aromatic amines is 2. The summed E-state index contributed by atoms with van der Waals surface area (Å²) in [7, 11) is 4.15. The Morgan fingerprint density at radius 3 is 2.87 bits per heavy atom. The zero-order valence-electron chi connectivity index (χ0n) is 16.8. The highest BCUT2D eigenvalue weighted by atomic mass is 15.1. The molecule has 2 aromatic carbocycles. The number of nitrogen functional groups attached to an aromatic ring is 1. The molecule has 150 valence electrons. The first-order valence-electron chi connectivity index (χ1n) is 9.64. The third-order valence-corrected chi connectivity index (χ3v) is 5.06. The van der Waals surface area contributed by atoms with Crippen molar-refractivity contribution < 1.29 is 0 Å². The molecule has 0 aliphatic rings. The molecule has 8 heteroatoms. The van der Waals surface area contributed by atoms with E-state index < -0.39 is 0 Å². The summed E-state index contributed by atoms with van der Waals surface area (Å²) in [6, 6.07) is 12.4. The van der Waals surface area contributed by atoms with Crippen LogP contribution in [0.3, 0.4) is 0 Å². The average molecular weight is 398 g/mol. The SMILES string of the molecule is CN(C)Cc1c[nH]c2ccc(-c3cc(Nc4ccnc(N)n4)cc4cn[nH]c34)cc12. The van der Waals surface area contributed by atoms with Gasteiger partial charge < -0.3 is 20.9 Å². The molecule has 0 unspecified atom stereocenters. The van der Waals surface area contributed by atoms with Crippen LogP contribution in [0.2, 0.25) is 0 Å². The van der Waals surface area contributed by atoms with E-state index >= 15 is 0 Å². The van der Waals surface area contributed by atoms with Gasteiger partial charge in [0, 0.05) is 46.5 Å². The average Bonchev–Trinajstić information content (AvgIpc) is 3.34. The van der Waals surface area contributed by atoms with Crippen molar-refractivity contribution in [2.75, 3.05) is 25.1 Å². The summed E-state index contributed by atoms with van der Waals surface area (Å²) in [6.07, 6.45) is 5.54. The van der Waals surface area contributed by atoms with E-state index in [1.165, 1.54) is 10.9 Å². The fourth-order valence-electron chi connectivity index (χ4n) is 3.77. The lowest BCUT2D eigenvalue weighted by Gasteiger charge is -2.11. The molecule has 0 saturated carbocycles. The number of nitrogens with one attached hydrogen (secondary N) is 3. The van der Waals surface area contributed by atoms with Crippen LogP contribution in [-0.2, 0) is 6.54 Å². The van der Waals surface area contributed by atoms with Crippen molar-refractivity contribution in [3.05, 3.63) is 60.6 Å². The summed E-state index contributed by atoms with van der Waals surface area (Å²) >= 11 is 0. The van der Waals surface area contributed by atoms with E-state index in [1.54, 1.807) is 12.3 Å². The number of fused-ring (bicyclic) bond motifs is 2. The zero-order valence-corrected chi connectivity index (χ0v) is 16.8. The summed E-state index contributed by atoms with van der Waals surface area (Å²) in [6.45, 7) is 0.875. The van der Waals surface area contributed by atoms with Crippen LogP contribution < -0.4 is 11.1 Å². The molecule has 0 fully saturated rings. The number of nitrogens with two attached hydrogens (primary N) is 1. The number of rotatable bonds is 5. The van der Waals surface area contributed by atoms with Crippen LogP contribution >= 0.6 is 0 Å². The van der Waals surface area contributed by atoms with Gasteiger partial charge in [0.25, 0.3) is 0 Å². The minimum absolute atomic E-state index is 0.232. The molecule has 30 heavy (non-hydrogen) atoms. The summed E-state index contributed by atoms with van der Waals surface area (Å²) < 4.78 is 0. The summed E-state index contributed by atoms with van der Waals surface area (Å²) in [5.41, 5.74) is 12.2. The van der Waals surface area contributed by atoms with Gasteiger partial charge in [0.2, 0.25) is 5.95 Å². The van der Waals surface area contributed by atoms with E-state index in [0.717, 1.165) is 39.8 Å². The Morgan fingerprint density at radius 1 is 1.13 bits per heavy atom. The third-order valence-electron chi connectivity index (χ3n) is 5.06. The smallest absolute Gasteiger partial charge is 0.221 e. The lowest BCUT2D eigenvalue weighted by Crippen LogP contribution is -2.10. The number of benzene rings is 2. The van der Waals surface area contributed by atoms with Gasteiger partial charge in [0.1, 0.15) is 5.82 Å². The molecule has 5 aromatic rings. The molecule has 0 bridgehead atoms. The molecule has 5 rings (SSSR count). The first kappa shape index (κ1) is 18.1. The van der Waals surface area contributed by atoms with Gasteiger partial charge in [-0.2, -0.15) is 10.1 Å². The quantitative estimate of drug-likeness (QED) is 0.357. The molecular formula is C22H22N8. The van der Waals surface area contributed by atoms with Crippen LogP contribution in [0.15, 0.2) is 55.0 Å². The Balaban J connectivity index is 1.62. The van der Waals surface area contributed by atoms with Crippen LogP contribution in [0, 0.1) is 0 Å². The molecule has 3 aromatic heterocycles. The van der Waals surface area contributed by atoms with Crippen molar-refractivity contribution in [1.29, 1.82) is 0 Å². The second-order valence-electron chi connectivity index (χ2n) is 7.60. The van der Waals surface area contributed by atoms with Crippen LogP contribution in [0.25, 0.3) is 32.9 Å². The molecule has 3 heterocycles. The number of aromatic nitrogens is 5. The van der Waals surface area contributed by atoms with Crippen LogP contribution in [0.5, 0.6) is 0 Å². The summed E-state index contributed by atoms with van der Waals surface area (Å²) in [5, 5.41) is 12.9. The molecule has 0 spiro atoms. The molecule has 0 atom stereocenters. The minimum Gasteiger partial charge on any atom is -0.368 e. The third kappa shape index (κ3) is 3.33. The van der Waals surface area contributed by atoms with E-state index in [4.69, 9.17) is 5.73 Å².